The third-order valence-electron chi connectivity index (χ3n) is 4.92. The first-order valence-corrected chi connectivity index (χ1v) is 10.0. The van der Waals surface area contributed by atoms with E-state index in [1.807, 2.05) is 13.8 Å². The second kappa shape index (κ2) is 9.67. The lowest BCUT2D eigenvalue weighted by Gasteiger charge is -2.29. The van der Waals surface area contributed by atoms with E-state index in [-0.39, 0.29) is 6.42 Å². The van der Waals surface area contributed by atoms with Crippen molar-refractivity contribution in [2.75, 3.05) is 13.2 Å². The Hall–Kier alpha value is -1.71. The summed E-state index contributed by atoms with van der Waals surface area (Å²) in [5.41, 5.74) is 0. The summed E-state index contributed by atoms with van der Waals surface area (Å²) >= 11 is 0. The Bertz CT molecular complexity index is 578. The molecule has 0 aliphatic carbocycles. The number of ether oxygens (including phenoxy) is 6. The van der Waals surface area contributed by atoms with Gasteiger partial charge >= 0.3 is 17.9 Å². The van der Waals surface area contributed by atoms with Gasteiger partial charge < -0.3 is 28.4 Å². The van der Waals surface area contributed by atoms with E-state index >= 15 is 0 Å². The van der Waals surface area contributed by atoms with Gasteiger partial charge in [0.05, 0.1) is 6.61 Å². The van der Waals surface area contributed by atoms with Gasteiger partial charge in [-0.25, -0.2) is 9.59 Å². The standard InChI is InChI=1S/C19H28O9/c1-3-5-9-23-17(21)11-8-6-10-24-19-16(25-11)14-13(28-19)15(18(22)27-14)26-12(20)7-4-2/h11,13-16,19H,3-10H2,1-2H3. The van der Waals surface area contributed by atoms with Crippen molar-refractivity contribution in [1.29, 1.82) is 0 Å². The van der Waals surface area contributed by atoms with Crippen LogP contribution in [0.15, 0.2) is 0 Å². The molecule has 9 heteroatoms. The second-order valence-corrected chi connectivity index (χ2v) is 7.15. The van der Waals surface area contributed by atoms with Crippen molar-refractivity contribution in [3.05, 3.63) is 0 Å². The Labute approximate surface area is 163 Å². The van der Waals surface area contributed by atoms with Gasteiger partial charge in [0.15, 0.2) is 18.5 Å². The lowest BCUT2D eigenvalue weighted by atomic mass is 10.1. The van der Waals surface area contributed by atoms with E-state index in [0.29, 0.717) is 32.5 Å². The first-order valence-electron chi connectivity index (χ1n) is 10.0. The quantitative estimate of drug-likeness (QED) is 0.354. The van der Waals surface area contributed by atoms with Gasteiger partial charge in [0.1, 0.15) is 12.2 Å². The van der Waals surface area contributed by atoms with Crippen LogP contribution < -0.4 is 0 Å². The SMILES string of the molecule is CCCCOC(=O)C1CCCOC2OC3C(OC(=O)CCC)C(=O)OC3C2O1. The van der Waals surface area contributed by atoms with Crippen molar-refractivity contribution in [3.8, 4) is 0 Å². The Morgan fingerprint density at radius 1 is 1.11 bits per heavy atom. The predicted molar refractivity (Wildman–Crippen MR) is 93.0 cm³/mol. The second-order valence-electron chi connectivity index (χ2n) is 7.15. The number of hydrogen-bond donors (Lipinski definition) is 0. The molecule has 3 fully saturated rings. The molecular formula is C19H28O9. The number of fused-ring (bicyclic) bond motifs is 3. The van der Waals surface area contributed by atoms with Crippen LogP contribution in [0.25, 0.3) is 0 Å². The van der Waals surface area contributed by atoms with Crippen LogP contribution in [0.5, 0.6) is 0 Å². The largest absolute Gasteiger partial charge is 0.464 e. The molecule has 6 atom stereocenters. The third-order valence-corrected chi connectivity index (χ3v) is 4.92. The number of hydrogen-bond acceptors (Lipinski definition) is 9. The Kier molecular flexibility index (Phi) is 7.25. The zero-order chi connectivity index (χ0) is 20.1. The molecule has 0 amide bonds. The van der Waals surface area contributed by atoms with Crippen LogP contribution in [0, 0.1) is 0 Å². The van der Waals surface area contributed by atoms with Crippen LogP contribution in [0.1, 0.15) is 52.4 Å². The molecule has 0 saturated carbocycles. The van der Waals surface area contributed by atoms with Crippen molar-refractivity contribution >= 4 is 17.9 Å². The average Bonchev–Trinajstić information content (AvgIpc) is 3.11. The van der Waals surface area contributed by atoms with E-state index in [1.54, 1.807) is 0 Å². The highest BCUT2D eigenvalue weighted by atomic mass is 16.8. The highest BCUT2D eigenvalue weighted by Gasteiger charge is 2.61. The van der Waals surface area contributed by atoms with E-state index in [2.05, 4.69) is 0 Å². The topological polar surface area (TPSA) is 107 Å². The fraction of sp³-hybridized carbons (Fsp3) is 0.842. The van der Waals surface area contributed by atoms with Crippen LogP contribution in [0.4, 0.5) is 0 Å². The fourth-order valence-corrected chi connectivity index (χ4v) is 3.47. The molecule has 158 valence electrons. The summed E-state index contributed by atoms with van der Waals surface area (Å²) in [5, 5.41) is 0. The molecule has 6 unspecified atom stereocenters. The summed E-state index contributed by atoms with van der Waals surface area (Å²) in [6.07, 6.45) is -1.60. The average molecular weight is 400 g/mol. The number of rotatable bonds is 7. The predicted octanol–water partition coefficient (Wildman–Crippen LogP) is 1.26. The molecule has 3 rings (SSSR count). The van der Waals surface area contributed by atoms with Crippen molar-refractivity contribution < 1.29 is 42.8 Å². The van der Waals surface area contributed by atoms with E-state index in [4.69, 9.17) is 28.4 Å². The Morgan fingerprint density at radius 3 is 2.68 bits per heavy atom. The Balaban J connectivity index is 1.66. The van der Waals surface area contributed by atoms with Crippen molar-refractivity contribution in [2.24, 2.45) is 0 Å². The molecule has 9 nitrogen and oxygen atoms in total. The number of carbonyl (C=O) groups is 3. The van der Waals surface area contributed by atoms with Gasteiger partial charge in [0.2, 0.25) is 6.10 Å². The van der Waals surface area contributed by atoms with Crippen LogP contribution in [0.3, 0.4) is 0 Å². The maximum Gasteiger partial charge on any atom is 0.350 e. The molecule has 28 heavy (non-hydrogen) atoms. The minimum atomic E-state index is -1.15. The first kappa shape index (κ1) is 21.0. The van der Waals surface area contributed by atoms with Crippen LogP contribution in [-0.4, -0.2) is 67.9 Å². The molecule has 0 bridgehead atoms. The minimum absolute atomic E-state index is 0.201. The van der Waals surface area contributed by atoms with E-state index in [9.17, 15) is 14.4 Å². The van der Waals surface area contributed by atoms with Crippen molar-refractivity contribution in [3.63, 3.8) is 0 Å². The maximum atomic E-state index is 12.4. The monoisotopic (exact) mass is 400 g/mol. The van der Waals surface area contributed by atoms with E-state index in [0.717, 1.165) is 12.8 Å². The normalized spacial score (nSPS) is 34.6. The molecule has 0 N–H and O–H groups in total. The van der Waals surface area contributed by atoms with Crippen LogP contribution >= 0.6 is 0 Å². The maximum absolute atomic E-state index is 12.4. The first-order chi connectivity index (χ1) is 13.5. The van der Waals surface area contributed by atoms with Crippen molar-refractivity contribution in [1.82, 2.24) is 0 Å². The van der Waals surface area contributed by atoms with Gasteiger partial charge in [-0.05, 0) is 25.7 Å². The molecule has 0 radical (unpaired) electrons. The molecule has 0 aromatic rings. The molecule has 3 aliphatic heterocycles. The highest BCUT2D eigenvalue weighted by Crippen LogP contribution is 2.37. The van der Waals surface area contributed by atoms with E-state index < -0.39 is 54.7 Å². The molecule has 0 aromatic carbocycles. The van der Waals surface area contributed by atoms with Crippen LogP contribution in [-0.2, 0) is 42.8 Å². The molecule has 3 saturated heterocycles. The van der Waals surface area contributed by atoms with Crippen LogP contribution in [0.2, 0.25) is 0 Å². The summed E-state index contributed by atoms with van der Waals surface area (Å²) < 4.78 is 33.3. The molecule has 3 heterocycles. The molecular weight excluding hydrogens is 372 g/mol. The van der Waals surface area contributed by atoms with Gasteiger partial charge in [-0.1, -0.05) is 20.3 Å². The van der Waals surface area contributed by atoms with E-state index in [1.165, 1.54) is 0 Å². The summed E-state index contributed by atoms with van der Waals surface area (Å²) in [6.45, 7) is 4.56. The van der Waals surface area contributed by atoms with Gasteiger partial charge in [0.25, 0.3) is 0 Å². The van der Waals surface area contributed by atoms with Gasteiger partial charge in [-0.2, -0.15) is 0 Å². The summed E-state index contributed by atoms with van der Waals surface area (Å²) in [4.78, 5) is 36.4. The lowest BCUT2D eigenvalue weighted by Crippen LogP contribution is -2.43. The fourth-order valence-electron chi connectivity index (χ4n) is 3.47. The number of carbonyl (C=O) groups excluding carboxylic acids is 3. The molecule has 0 spiro atoms. The minimum Gasteiger partial charge on any atom is -0.464 e. The van der Waals surface area contributed by atoms with Gasteiger partial charge in [-0.3, -0.25) is 4.79 Å². The summed E-state index contributed by atoms with van der Waals surface area (Å²) in [6, 6.07) is 0. The van der Waals surface area contributed by atoms with Gasteiger partial charge in [0, 0.05) is 13.0 Å². The zero-order valence-corrected chi connectivity index (χ0v) is 16.3. The van der Waals surface area contributed by atoms with Crippen molar-refractivity contribution in [2.45, 2.75) is 89.2 Å². The lowest BCUT2D eigenvalue weighted by molar-refractivity contribution is -0.220. The molecule has 0 aromatic heterocycles. The number of esters is 3. The molecule has 3 aliphatic rings. The highest BCUT2D eigenvalue weighted by molar-refractivity contribution is 5.82. The summed E-state index contributed by atoms with van der Waals surface area (Å²) in [7, 11) is 0. The van der Waals surface area contributed by atoms with Gasteiger partial charge in [-0.15, -0.1) is 0 Å². The third kappa shape index (κ3) is 4.64. The number of unbranched alkanes of at least 4 members (excludes halogenated alkanes) is 1. The zero-order valence-electron chi connectivity index (χ0n) is 16.3. The smallest absolute Gasteiger partial charge is 0.350 e. The summed E-state index contributed by atoms with van der Waals surface area (Å²) in [5.74, 6) is -1.60. The Morgan fingerprint density at radius 2 is 1.93 bits per heavy atom.